The Labute approximate surface area is 130 Å². The summed E-state index contributed by atoms with van der Waals surface area (Å²) in [6.07, 6.45) is 1.68. The number of ether oxygens (including phenoxy) is 1. The van der Waals surface area contributed by atoms with Gasteiger partial charge >= 0.3 is 0 Å². The zero-order valence-electron chi connectivity index (χ0n) is 11.3. The van der Waals surface area contributed by atoms with Gasteiger partial charge in [0.1, 0.15) is 0 Å². The summed E-state index contributed by atoms with van der Waals surface area (Å²) in [5.74, 6) is -0.175. The molecule has 3 heterocycles. The summed E-state index contributed by atoms with van der Waals surface area (Å²) in [7, 11) is 0. The monoisotopic (exact) mass is 321 g/mol. The number of nitrogens with one attached hydrogen (secondary N) is 1. The van der Waals surface area contributed by atoms with Gasteiger partial charge in [-0.3, -0.25) is 4.79 Å². The zero-order valence-corrected chi connectivity index (χ0v) is 13.0. The van der Waals surface area contributed by atoms with Crippen molar-refractivity contribution in [2.75, 3.05) is 31.2 Å². The zero-order chi connectivity index (χ0) is 14.5. The van der Waals surface area contributed by atoms with Crippen molar-refractivity contribution in [1.29, 1.82) is 0 Å². The maximum Gasteiger partial charge on any atom is 0.281 e. The summed E-state index contributed by atoms with van der Waals surface area (Å²) in [6, 6.07) is 7.71. The molecule has 1 aliphatic rings. The third-order valence-electron chi connectivity index (χ3n) is 3.04. The fourth-order valence-corrected chi connectivity index (χ4v) is 3.53. The molecule has 5 nitrogen and oxygen atoms in total. The van der Waals surface area contributed by atoms with E-state index in [4.69, 9.17) is 4.74 Å². The van der Waals surface area contributed by atoms with E-state index < -0.39 is 0 Å². The second-order valence-electron chi connectivity index (χ2n) is 4.45. The predicted octanol–water partition coefficient (Wildman–Crippen LogP) is 2.41. The minimum absolute atomic E-state index is 0.175. The first kappa shape index (κ1) is 14.2. The van der Waals surface area contributed by atoms with Crippen LogP contribution in [0.25, 0.3) is 0 Å². The molecule has 3 rings (SSSR count). The number of anilines is 1. The Balaban J connectivity index is 1.56. The molecule has 0 aromatic carbocycles. The van der Waals surface area contributed by atoms with Gasteiger partial charge in [-0.1, -0.05) is 6.07 Å². The standard InChI is InChI=1S/C14H15N3O2S2/c18-14(12-2-1-9-20-12)16-15-10-11-3-4-13(21-11)17-5-7-19-8-6-17/h1-4,9-10H,5-8H2,(H,16,18)/b15-10-. The van der Waals surface area contributed by atoms with Crippen molar-refractivity contribution >= 4 is 39.8 Å². The predicted molar refractivity (Wildman–Crippen MR) is 86.7 cm³/mol. The third-order valence-corrected chi connectivity index (χ3v) is 4.99. The Morgan fingerprint density at radius 1 is 1.33 bits per heavy atom. The first-order valence-corrected chi connectivity index (χ1v) is 8.32. The number of morpholine rings is 1. The lowest BCUT2D eigenvalue weighted by Gasteiger charge is -2.27. The van der Waals surface area contributed by atoms with Crippen LogP contribution >= 0.6 is 22.7 Å². The molecule has 1 N–H and O–H groups in total. The molecule has 1 aliphatic heterocycles. The number of nitrogens with zero attached hydrogens (tertiary/aromatic N) is 2. The molecule has 0 spiro atoms. The molecule has 110 valence electrons. The number of thiophene rings is 2. The average molecular weight is 321 g/mol. The number of amides is 1. The highest BCUT2D eigenvalue weighted by molar-refractivity contribution is 7.17. The van der Waals surface area contributed by atoms with Crippen LogP contribution in [0.4, 0.5) is 5.00 Å². The van der Waals surface area contributed by atoms with Crippen LogP contribution in [0.1, 0.15) is 14.5 Å². The van der Waals surface area contributed by atoms with Crippen molar-refractivity contribution < 1.29 is 9.53 Å². The molecule has 0 atom stereocenters. The molecule has 7 heteroatoms. The number of hydrogen-bond donors (Lipinski definition) is 1. The maximum absolute atomic E-state index is 11.7. The topological polar surface area (TPSA) is 53.9 Å². The summed E-state index contributed by atoms with van der Waals surface area (Å²) in [4.78, 5) is 15.7. The van der Waals surface area contributed by atoms with Gasteiger partial charge in [-0.25, -0.2) is 5.43 Å². The highest BCUT2D eigenvalue weighted by Gasteiger charge is 2.12. The molecule has 0 radical (unpaired) electrons. The van der Waals surface area contributed by atoms with E-state index in [1.165, 1.54) is 16.3 Å². The van der Waals surface area contributed by atoms with Gasteiger partial charge in [0.15, 0.2) is 0 Å². The van der Waals surface area contributed by atoms with Crippen molar-refractivity contribution in [3.63, 3.8) is 0 Å². The van der Waals surface area contributed by atoms with E-state index >= 15 is 0 Å². The van der Waals surface area contributed by atoms with Gasteiger partial charge in [-0.2, -0.15) is 5.10 Å². The maximum atomic E-state index is 11.7. The number of hydrazone groups is 1. The second kappa shape index (κ2) is 6.84. The van der Waals surface area contributed by atoms with Crippen LogP contribution in [-0.4, -0.2) is 38.4 Å². The van der Waals surface area contributed by atoms with Crippen molar-refractivity contribution in [3.8, 4) is 0 Å². The number of hydrogen-bond acceptors (Lipinski definition) is 6. The van der Waals surface area contributed by atoms with Gasteiger partial charge in [-0.05, 0) is 23.6 Å². The summed E-state index contributed by atoms with van der Waals surface area (Å²) in [5, 5.41) is 7.09. The number of rotatable bonds is 4. The first-order chi connectivity index (χ1) is 10.3. The van der Waals surface area contributed by atoms with Crippen molar-refractivity contribution in [2.24, 2.45) is 5.10 Å². The highest BCUT2D eigenvalue weighted by atomic mass is 32.1. The van der Waals surface area contributed by atoms with Gasteiger partial charge < -0.3 is 9.64 Å². The largest absolute Gasteiger partial charge is 0.378 e. The van der Waals surface area contributed by atoms with Crippen LogP contribution in [0.15, 0.2) is 34.7 Å². The number of carbonyl (C=O) groups is 1. The van der Waals surface area contributed by atoms with Crippen LogP contribution in [0.2, 0.25) is 0 Å². The second-order valence-corrected chi connectivity index (χ2v) is 6.49. The van der Waals surface area contributed by atoms with Gasteiger partial charge in [0, 0.05) is 18.0 Å². The molecule has 0 aliphatic carbocycles. The van der Waals surface area contributed by atoms with Crippen LogP contribution in [0, 0.1) is 0 Å². The normalized spacial score (nSPS) is 15.5. The van der Waals surface area contributed by atoms with Crippen LogP contribution in [-0.2, 0) is 4.74 Å². The molecule has 2 aromatic heterocycles. The summed E-state index contributed by atoms with van der Waals surface area (Å²) in [6.45, 7) is 3.40. The molecule has 0 unspecified atom stereocenters. The Morgan fingerprint density at radius 2 is 2.19 bits per heavy atom. The van der Waals surface area contributed by atoms with E-state index in [9.17, 15) is 4.79 Å². The molecule has 1 fully saturated rings. The molecule has 0 saturated carbocycles. The van der Waals surface area contributed by atoms with E-state index in [1.54, 1.807) is 23.6 Å². The van der Waals surface area contributed by atoms with Crippen LogP contribution in [0.5, 0.6) is 0 Å². The Hall–Kier alpha value is -1.70. The molecular weight excluding hydrogens is 306 g/mol. The molecule has 1 saturated heterocycles. The molecule has 21 heavy (non-hydrogen) atoms. The van der Waals surface area contributed by atoms with E-state index in [0.29, 0.717) is 4.88 Å². The van der Waals surface area contributed by atoms with Gasteiger partial charge in [-0.15, -0.1) is 22.7 Å². The molecule has 2 aromatic rings. The van der Waals surface area contributed by atoms with Crippen LogP contribution < -0.4 is 10.3 Å². The minimum atomic E-state index is -0.175. The Morgan fingerprint density at radius 3 is 2.95 bits per heavy atom. The highest BCUT2D eigenvalue weighted by Crippen LogP contribution is 2.25. The van der Waals surface area contributed by atoms with E-state index in [-0.39, 0.29) is 5.91 Å². The summed E-state index contributed by atoms with van der Waals surface area (Å²) >= 11 is 3.06. The lowest BCUT2D eigenvalue weighted by molar-refractivity contribution is 0.0959. The van der Waals surface area contributed by atoms with E-state index in [0.717, 1.165) is 31.2 Å². The van der Waals surface area contributed by atoms with Crippen molar-refractivity contribution in [1.82, 2.24) is 5.43 Å². The van der Waals surface area contributed by atoms with E-state index in [1.807, 2.05) is 17.5 Å². The van der Waals surface area contributed by atoms with E-state index in [2.05, 4.69) is 21.5 Å². The lowest BCUT2D eigenvalue weighted by Crippen LogP contribution is -2.35. The average Bonchev–Trinajstić information content (AvgIpc) is 3.20. The molecule has 0 bridgehead atoms. The van der Waals surface area contributed by atoms with Gasteiger partial charge in [0.25, 0.3) is 5.91 Å². The summed E-state index contributed by atoms with van der Waals surface area (Å²) in [5.41, 5.74) is 2.54. The smallest absolute Gasteiger partial charge is 0.281 e. The first-order valence-electron chi connectivity index (χ1n) is 6.62. The van der Waals surface area contributed by atoms with Gasteiger partial charge in [0.05, 0.1) is 29.3 Å². The lowest BCUT2D eigenvalue weighted by atomic mass is 10.4. The quantitative estimate of drug-likeness (QED) is 0.695. The Kier molecular flexibility index (Phi) is 4.64. The Bertz CT molecular complexity index is 616. The molecule has 1 amide bonds. The van der Waals surface area contributed by atoms with Crippen molar-refractivity contribution in [3.05, 3.63) is 39.4 Å². The number of carbonyl (C=O) groups excluding carboxylic acids is 1. The fourth-order valence-electron chi connectivity index (χ4n) is 1.98. The third kappa shape index (κ3) is 3.69. The summed E-state index contributed by atoms with van der Waals surface area (Å²) < 4.78 is 5.34. The van der Waals surface area contributed by atoms with Gasteiger partial charge in [0.2, 0.25) is 0 Å². The minimum Gasteiger partial charge on any atom is -0.378 e. The van der Waals surface area contributed by atoms with Crippen molar-refractivity contribution in [2.45, 2.75) is 0 Å². The fraction of sp³-hybridized carbons (Fsp3) is 0.286. The molecular formula is C14H15N3O2S2. The van der Waals surface area contributed by atoms with Crippen LogP contribution in [0.3, 0.4) is 0 Å². The SMILES string of the molecule is O=C(N/N=C\c1ccc(N2CCOCC2)s1)c1cccs1.